The molecule has 0 spiro atoms. The lowest BCUT2D eigenvalue weighted by molar-refractivity contribution is -0.129. The second kappa shape index (κ2) is 7.44. The van der Waals surface area contributed by atoms with E-state index in [4.69, 9.17) is 0 Å². The van der Waals surface area contributed by atoms with E-state index < -0.39 is 5.97 Å². The van der Waals surface area contributed by atoms with Crippen LogP contribution in [0.4, 0.5) is 5.69 Å². The lowest BCUT2D eigenvalue weighted by Gasteiger charge is -2.08. The highest BCUT2D eigenvalue weighted by atomic mass is 16.4. The van der Waals surface area contributed by atoms with Gasteiger partial charge in [0, 0.05) is 6.42 Å². The number of carbonyl (C=O) groups is 1. The number of carboxylic acids is 1. The number of hydrogen-bond donors (Lipinski definition) is 2. The Balaban J connectivity index is 1.87. The number of aromatic nitrogens is 2. The first kappa shape index (κ1) is 16.4. The van der Waals surface area contributed by atoms with Crippen LogP contribution in [-0.2, 0) is 11.2 Å². The maximum Gasteiger partial charge on any atom is 0.352 e. The number of aryl methyl sites for hydroxylation is 1. The number of aliphatic carboxylic acids is 1. The Morgan fingerprint density at radius 1 is 1.12 bits per heavy atom. The number of anilines is 1. The molecule has 0 fully saturated rings. The van der Waals surface area contributed by atoms with Gasteiger partial charge in [-0.05, 0) is 37.3 Å². The van der Waals surface area contributed by atoms with Gasteiger partial charge in [0.1, 0.15) is 0 Å². The van der Waals surface area contributed by atoms with Crippen LogP contribution in [0.5, 0.6) is 0 Å². The van der Waals surface area contributed by atoms with Crippen LogP contribution in [-0.4, -0.2) is 26.6 Å². The summed E-state index contributed by atoms with van der Waals surface area (Å²) in [5, 5.41) is 18.0. The predicted molar refractivity (Wildman–Crippen MR) is 97.1 cm³/mol. The lowest BCUT2D eigenvalue weighted by atomic mass is 10.2. The first-order valence-corrected chi connectivity index (χ1v) is 7.85. The molecular formula is C19H18N4O2. The van der Waals surface area contributed by atoms with Crippen molar-refractivity contribution in [2.75, 3.05) is 5.43 Å². The van der Waals surface area contributed by atoms with Crippen molar-refractivity contribution in [1.82, 2.24) is 9.78 Å². The normalized spacial score (nSPS) is 11.3. The summed E-state index contributed by atoms with van der Waals surface area (Å²) < 4.78 is 1.75. The van der Waals surface area contributed by atoms with Crippen LogP contribution in [0.1, 0.15) is 11.4 Å². The zero-order valence-electron chi connectivity index (χ0n) is 13.8. The van der Waals surface area contributed by atoms with Crippen molar-refractivity contribution < 1.29 is 9.90 Å². The first-order chi connectivity index (χ1) is 12.1. The van der Waals surface area contributed by atoms with Gasteiger partial charge in [0.2, 0.25) is 0 Å². The van der Waals surface area contributed by atoms with Crippen molar-refractivity contribution in [2.24, 2.45) is 5.10 Å². The van der Waals surface area contributed by atoms with E-state index in [1.807, 2.05) is 73.7 Å². The van der Waals surface area contributed by atoms with Crippen molar-refractivity contribution in [3.05, 3.63) is 78.1 Å². The van der Waals surface area contributed by atoms with Gasteiger partial charge in [0.05, 0.1) is 22.8 Å². The number of nitrogens with zero attached hydrogens (tertiary/aromatic N) is 3. The average Bonchev–Trinajstić information content (AvgIpc) is 3.00. The fraction of sp³-hybridized carbons (Fsp3) is 0.105. The predicted octanol–water partition coefficient (Wildman–Crippen LogP) is 3.28. The number of nitrogens with one attached hydrogen (secondary N) is 1. The molecule has 126 valence electrons. The van der Waals surface area contributed by atoms with Crippen molar-refractivity contribution >= 4 is 17.4 Å². The number of hydrazone groups is 1. The van der Waals surface area contributed by atoms with E-state index in [0.717, 1.165) is 22.8 Å². The van der Waals surface area contributed by atoms with Crippen molar-refractivity contribution in [3.63, 3.8) is 0 Å². The summed E-state index contributed by atoms with van der Waals surface area (Å²) in [7, 11) is 0. The smallest absolute Gasteiger partial charge is 0.352 e. The lowest BCUT2D eigenvalue weighted by Crippen LogP contribution is -2.19. The highest BCUT2D eigenvalue weighted by Gasteiger charge is 2.16. The molecule has 0 atom stereocenters. The minimum Gasteiger partial charge on any atom is -0.477 e. The number of carboxylic acid groups (broad SMARTS) is 1. The highest BCUT2D eigenvalue weighted by molar-refractivity contribution is 6.36. The average molecular weight is 334 g/mol. The van der Waals surface area contributed by atoms with E-state index in [1.165, 1.54) is 0 Å². The Morgan fingerprint density at radius 3 is 2.40 bits per heavy atom. The summed E-state index contributed by atoms with van der Waals surface area (Å²) in [5.74, 6) is -1.07. The Labute approximate surface area is 145 Å². The summed E-state index contributed by atoms with van der Waals surface area (Å²) in [5.41, 5.74) is 6.00. The molecule has 25 heavy (non-hydrogen) atoms. The van der Waals surface area contributed by atoms with E-state index in [1.54, 1.807) is 4.68 Å². The molecule has 1 heterocycles. The number of para-hydroxylation sites is 2. The van der Waals surface area contributed by atoms with E-state index >= 15 is 0 Å². The molecule has 0 aliphatic rings. The molecule has 3 rings (SSSR count). The van der Waals surface area contributed by atoms with Crippen LogP contribution in [0.25, 0.3) is 5.69 Å². The quantitative estimate of drug-likeness (QED) is 0.535. The molecule has 6 nitrogen and oxygen atoms in total. The summed E-state index contributed by atoms with van der Waals surface area (Å²) in [6, 6.07) is 20.7. The Kier molecular flexibility index (Phi) is 4.89. The van der Waals surface area contributed by atoms with Gasteiger partial charge in [-0.3, -0.25) is 5.43 Å². The van der Waals surface area contributed by atoms with Crippen LogP contribution in [0.15, 0.2) is 71.8 Å². The van der Waals surface area contributed by atoms with Gasteiger partial charge in [-0.25, -0.2) is 9.48 Å². The zero-order valence-corrected chi connectivity index (χ0v) is 13.8. The van der Waals surface area contributed by atoms with E-state index in [2.05, 4.69) is 15.6 Å². The third kappa shape index (κ3) is 4.11. The number of hydrogen-bond acceptors (Lipinski definition) is 4. The van der Waals surface area contributed by atoms with Gasteiger partial charge >= 0.3 is 5.97 Å². The van der Waals surface area contributed by atoms with Gasteiger partial charge in [-0.1, -0.05) is 36.4 Å². The molecule has 0 saturated heterocycles. The van der Waals surface area contributed by atoms with Gasteiger partial charge in [-0.15, -0.1) is 0 Å². The number of benzene rings is 2. The molecule has 6 heteroatoms. The minimum atomic E-state index is -1.07. The third-order valence-corrected chi connectivity index (χ3v) is 3.60. The summed E-state index contributed by atoms with van der Waals surface area (Å²) in [6.45, 7) is 1.88. The molecule has 2 N–H and O–H groups in total. The summed E-state index contributed by atoms with van der Waals surface area (Å²) in [4.78, 5) is 11.6. The van der Waals surface area contributed by atoms with Crippen molar-refractivity contribution in [3.8, 4) is 5.69 Å². The SMILES string of the molecule is Cc1cc(CC(=NNc2ccccc2)C(=O)O)n(-c2ccccc2)n1. The first-order valence-electron chi connectivity index (χ1n) is 7.85. The minimum absolute atomic E-state index is 0.0148. The molecule has 0 amide bonds. The molecular weight excluding hydrogens is 316 g/mol. The molecule has 3 aromatic rings. The fourth-order valence-corrected chi connectivity index (χ4v) is 2.45. The summed E-state index contributed by atoms with van der Waals surface area (Å²) in [6.07, 6.45) is 0.158. The molecule has 0 saturated carbocycles. The largest absolute Gasteiger partial charge is 0.477 e. The van der Waals surface area contributed by atoms with Gasteiger partial charge in [-0.2, -0.15) is 10.2 Å². The Morgan fingerprint density at radius 2 is 1.76 bits per heavy atom. The Hall–Kier alpha value is -3.41. The molecule has 0 bridgehead atoms. The Bertz CT molecular complexity index is 886. The van der Waals surface area contributed by atoms with Gasteiger partial charge < -0.3 is 5.11 Å². The maximum atomic E-state index is 11.6. The third-order valence-electron chi connectivity index (χ3n) is 3.60. The highest BCUT2D eigenvalue weighted by Crippen LogP contribution is 2.14. The van der Waals surface area contributed by atoms with Gasteiger partial charge in [0.25, 0.3) is 0 Å². The molecule has 0 aliphatic carbocycles. The van der Waals surface area contributed by atoms with E-state index in [9.17, 15) is 9.90 Å². The fourth-order valence-electron chi connectivity index (χ4n) is 2.45. The standard InChI is InChI=1S/C19H18N4O2/c1-14-12-17(23(22-14)16-10-6-3-7-11-16)13-18(19(24)25)21-20-15-8-4-2-5-9-15/h2-12,20H,13H2,1H3,(H,24,25). The molecule has 1 aromatic heterocycles. The monoisotopic (exact) mass is 334 g/mol. The summed E-state index contributed by atoms with van der Waals surface area (Å²) >= 11 is 0. The molecule has 0 aliphatic heterocycles. The van der Waals surface area contributed by atoms with Crippen molar-refractivity contribution in [1.29, 1.82) is 0 Å². The van der Waals surface area contributed by atoms with Crippen LogP contribution in [0, 0.1) is 6.92 Å². The second-order valence-electron chi connectivity index (χ2n) is 5.54. The molecule has 2 aromatic carbocycles. The molecule has 0 radical (unpaired) electrons. The van der Waals surface area contributed by atoms with Crippen LogP contribution in [0.2, 0.25) is 0 Å². The van der Waals surface area contributed by atoms with Gasteiger partial charge in [0.15, 0.2) is 5.71 Å². The van der Waals surface area contributed by atoms with E-state index in [0.29, 0.717) is 0 Å². The van der Waals surface area contributed by atoms with Crippen LogP contribution >= 0.6 is 0 Å². The van der Waals surface area contributed by atoms with Crippen molar-refractivity contribution in [2.45, 2.75) is 13.3 Å². The molecule has 0 unspecified atom stereocenters. The maximum absolute atomic E-state index is 11.6. The zero-order chi connectivity index (χ0) is 17.6. The van der Waals surface area contributed by atoms with E-state index in [-0.39, 0.29) is 12.1 Å². The van der Waals surface area contributed by atoms with Crippen LogP contribution < -0.4 is 5.43 Å². The van der Waals surface area contributed by atoms with Crippen LogP contribution in [0.3, 0.4) is 0 Å². The second-order valence-corrected chi connectivity index (χ2v) is 5.54. The number of rotatable bonds is 6. The topological polar surface area (TPSA) is 79.5 Å².